The lowest BCUT2D eigenvalue weighted by atomic mass is 10.1. The number of nitrogens with zero attached hydrogens (tertiary/aromatic N) is 1. The zero-order valence-corrected chi connectivity index (χ0v) is 11.1. The zero-order valence-electron chi connectivity index (χ0n) is 9.55. The number of rotatable bonds is 5. The van der Waals surface area contributed by atoms with Crippen molar-refractivity contribution < 1.29 is 4.74 Å². The maximum Gasteiger partial charge on any atom is 0.0588 e. The molecule has 1 saturated heterocycles. The van der Waals surface area contributed by atoms with E-state index in [4.69, 9.17) is 4.74 Å². The van der Waals surface area contributed by atoms with Gasteiger partial charge in [-0.25, -0.2) is 0 Å². The Balaban J connectivity index is 2.22. The minimum atomic E-state index is 0.249. The van der Waals surface area contributed by atoms with Gasteiger partial charge >= 0.3 is 0 Å². The molecule has 1 fully saturated rings. The molecule has 3 heteroatoms. The Morgan fingerprint density at radius 1 is 1.50 bits per heavy atom. The van der Waals surface area contributed by atoms with E-state index in [1.807, 2.05) is 0 Å². The predicted molar refractivity (Wildman–Crippen MR) is 64.1 cm³/mol. The van der Waals surface area contributed by atoms with Gasteiger partial charge in [0.15, 0.2) is 0 Å². The monoisotopic (exact) mass is 263 g/mol. The normalized spacial score (nSPS) is 23.4. The Labute approximate surface area is 96.1 Å². The van der Waals surface area contributed by atoms with Crippen molar-refractivity contribution in [3.8, 4) is 0 Å². The fourth-order valence-electron chi connectivity index (χ4n) is 1.61. The fourth-order valence-corrected chi connectivity index (χ4v) is 2.04. The lowest BCUT2D eigenvalue weighted by Gasteiger charge is -2.34. The predicted octanol–water partition coefficient (Wildman–Crippen LogP) is 2.66. The van der Waals surface area contributed by atoms with Crippen molar-refractivity contribution in [2.45, 2.75) is 44.8 Å². The Morgan fingerprint density at radius 3 is 2.71 bits per heavy atom. The number of alkyl halides is 1. The molecule has 2 nitrogen and oxygen atoms in total. The first kappa shape index (κ1) is 12.5. The molecule has 0 amide bonds. The molecule has 1 aliphatic rings. The summed E-state index contributed by atoms with van der Waals surface area (Å²) in [4.78, 5) is 2.41. The van der Waals surface area contributed by atoms with Gasteiger partial charge in [-0.3, -0.25) is 0 Å². The minimum Gasteiger partial charge on any atom is -0.378 e. The van der Waals surface area contributed by atoms with Gasteiger partial charge in [0.25, 0.3) is 0 Å². The second-order valence-corrected chi connectivity index (χ2v) is 5.35. The van der Waals surface area contributed by atoms with Crippen molar-refractivity contribution in [2.75, 3.05) is 25.5 Å². The van der Waals surface area contributed by atoms with E-state index >= 15 is 0 Å². The third-order valence-electron chi connectivity index (χ3n) is 3.17. The highest BCUT2D eigenvalue weighted by Crippen LogP contribution is 2.19. The molecule has 1 unspecified atom stereocenters. The van der Waals surface area contributed by atoms with Crippen LogP contribution in [0.25, 0.3) is 0 Å². The smallest absolute Gasteiger partial charge is 0.0588 e. The highest BCUT2D eigenvalue weighted by Gasteiger charge is 2.23. The molecular weight excluding hydrogens is 242 g/mol. The lowest BCUT2D eigenvalue weighted by Crippen LogP contribution is -2.43. The van der Waals surface area contributed by atoms with Crippen LogP contribution in [0, 0.1) is 0 Å². The molecule has 1 aliphatic heterocycles. The molecule has 1 atom stereocenters. The molecule has 0 spiro atoms. The summed E-state index contributed by atoms with van der Waals surface area (Å²) in [5, 5.41) is 1.02. The van der Waals surface area contributed by atoms with Crippen LogP contribution in [0.1, 0.15) is 33.1 Å². The maximum absolute atomic E-state index is 5.61. The molecule has 0 aliphatic carbocycles. The number of halogens is 1. The standard InChI is InChI=1S/C11H22BrNO/c1-11(2,9-12)13(3)7-6-10-5-4-8-14-10/h10H,4-9H2,1-3H3. The van der Waals surface area contributed by atoms with Gasteiger partial charge in [-0.05, 0) is 40.2 Å². The molecule has 0 saturated carbocycles. The van der Waals surface area contributed by atoms with Crippen molar-refractivity contribution in [2.24, 2.45) is 0 Å². The van der Waals surface area contributed by atoms with Crippen molar-refractivity contribution in [3.63, 3.8) is 0 Å². The number of hydrogen-bond acceptors (Lipinski definition) is 2. The van der Waals surface area contributed by atoms with Crippen LogP contribution < -0.4 is 0 Å². The number of hydrogen-bond donors (Lipinski definition) is 0. The summed E-state index contributed by atoms with van der Waals surface area (Å²) in [7, 11) is 2.19. The largest absolute Gasteiger partial charge is 0.378 e. The summed E-state index contributed by atoms with van der Waals surface area (Å²) in [5.74, 6) is 0. The van der Waals surface area contributed by atoms with E-state index in [1.54, 1.807) is 0 Å². The van der Waals surface area contributed by atoms with Crippen LogP contribution in [0.3, 0.4) is 0 Å². The Bertz CT molecular complexity index is 167. The SMILES string of the molecule is CN(CCC1CCCO1)C(C)(C)CBr. The third kappa shape index (κ3) is 3.52. The van der Waals surface area contributed by atoms with Gasteiger partial charge in [-0.1, -0.05) is 15.9 Å². The van der Waals surface area contributed by atoms with Gasteiger partial charge in [0.05, 0.1) is 6.10 Å². The van der Waals surface area contributed by atoms with Gasteiger partial charge in [-0.2, -0.15) is 0 Å². The van der Waals surface area contributed by atoms with Crippen LogP contribution in [-0.4, -0.2) is 42.1 Å². The maximum atomic E-state index is 5.61. The molecule has 0 bridgehead atoms. The second-order valence-electron chi connectivity index (χ2n) is 4.79. The van der Waals surface area contributed by atoms with Crippen molar-refractivity contribution >= 4 is 15.9 Å². The van der Waals surface area contributed by atoms with Crippen LogP contribution in [0.4, 0.5) is 0 Å². The van der Waals surface area contributed by atoms with Gasteiger partial charge in [0, 0.05) is 24.0 Å². The van der Waals surface area contributed by atoms with Crippen molar-refractivity contribution in [1.82, 2.24) is 4.90 Å². The van der Waals surface area contributed by atoms with Crippen LogP contribution in [-0.2, 0) is 4.74 Å². The van der Waals surface area contributed by atoms with Crippen molar-refractivity contribution in [1.29, 1.82) is 0 Å². The van der Waals surface area contributed by atoms with E-state index in [2.05, 4.69) is 41.7 Å². The number of ether oxygens (including phenoxy) is 1. The van der Waals surface area contributed by atoms with Crippen LogP contribution >= 0.6 is 15.9 Å². The Morgan fingerprint density at radius 2 is 2.21 bits per heavy atom. The first-order valence-corrected chi connectivity index (χ1v) is 6.57. The van der Waals surface area contributed by atoms with Crippen LogP contribution in [0.15, 0.2) is 0 Å². The average Bonchev–Trinajstić information content (AvgIpc) is 2.66. The molecule has 0 aromatic heterocycles. The molecule has 0 aromatic rings. The Kier molecular flexibility index (Phi) is 4.88. The van der Waals surface area contributed by atoms with Gasteiger partial charge in [0.1, 0.15) is 0 Å². The van der Waals surface area contributed by atoms with E-state index in [-0.39, 0.29) is 5.54 Å². The average molecular weight is 264 g/mol. The second kappa shape index (κ2) is 5.47. The third-order valence-corrected chi connectivity index (χ3v) is 4.54. The Hall–Kier alpha value is 0.400. The summed E-state index contributed by atoms with van der Waals surface area (Å²) in [6, 6.07) is 0. The first-order chi connectivity index (χ1) is 6.56. The summed E-state index contributed by atoms with van der Waals surface area (Å²) >= 11 is 3.55. The molecule has 14 heavy (non-hydrogen) atoms. The molecular formula is C11H22BrNO. The van der Waals surface area contributed by atoms with Gasteiger partial charge < -0.3 is 9.64 Å². The van der Waals surface area contributed by atoms with Crippen LogP contribution in [0.5, 0.6) is 0 Å². The molecule has 84 valence electrons. The minimum absolute atomic E-state index is 0.249. The summed E-state index contributed by atoms with van der Waals surface area (Å²) in [5.41, 5.74) is 0.249. The zero-order chi connectivity index (χ0) is 10.6. The molecule has 1 rings (SSSR count). The van der Waals surface area contributed by atoms with E-state index in [9.17, 15) is 0 Å². The molecule has 0 aromatic carbocycles. The van der Waals surface area contributed by atoms with E-state index in [1.165, 1.54) is 19.3 Å². The van der Waals surface area contributed by atoms with E-state index in [0.29, 0.717) is 6.10 Å². The van der Waals surface area contributed by atoms with Crippen molar-refractivity contribution in [3.05, 3.63) is 0 Å². The molecule has 0 radical (unpaired) electrons. The summed E-state index contributed by atoms with van der Waals surface area (Å²) in [6.45, 7) is 6.62. The van der Waals surface area contributed by atoms with Gasteiger partial charge in [0.2, 0.25) is 0 Å². The summed E-state index contributed by atoms with van der Waals surface area (Å²) < 4.78 is 5.61. The molecule has 0 N–H and O–H groups in total. The topological polar surface area (TPSA) is 12.5 Å². The highest BCUT2D eigenvalue weighted by molar-refractivity contribution is 9.09. The molecule has 1 heterocycles. The first-order valence-electron chi connectivity index (χ1n) is 5.45. The summed E-state index contributed by atoms with van der Waals surface area (Å²) in [6.07, 6.45) is 4.19. The van der Waals surface area contributed by atoms with E-state index < -0.39 is 0 Å². The quantitative estimate of drug-likeness (QED) is 0.708. The van der Waals surface area contributed by atoms with Gasteiger partial charge in [-0.15, -0.1) is 0 Å². The lowest BCUT2D eigenvalue weighted by molar-refractivity contribution is 0.0821. The van der Waals surface area contributed by atoms with E-state index in [0.717, 1.165) is 18.5 Å². The highest BCUT2D eigenvalue weighted by atomic mass is 79.9. The van der Waals surface area contributed by atoms with Crippen LogP contribution in [0.2, 0.25) is 0 Å². The fraction of sp³-hybridized carbons (Fsp3) is 1.00.